The van der Waals surface area contributed by atoms with E-state index in [0.29, 0.717) is 13.1 Å². The Balaban J connectivity index is 1.77. The first-order valence-corrected chi connectivity index (χ1v) is 7.20. The highest BCUT2D eigenvalue weighted by atomic mass is 79.9. The number of rotatable bonds is 4. The van der Waals surface area contributed by atoms with Crippen molar-refractivity contribution in [1.82, 2.24) is 10.6 Å². The van der Waals surface area contributed by atoms with Gasteiger partial charge < -0.3 is 10.6 Å². The lowest BCUT2D eigenvalue weighted by molar-refractivity contribution is 0.240. The van der Waals surface area contributed by atoms with E-state index in [9.17, 15) is 4.79 Å². The number of hydrogen-bond donors (Lipinski definition) is 2. The molecule has 2 rings (SSSR count). The van der Waals surface area contributed by atoms with Crippen LogP contribution >= 0.6 is 27.3 Å². The number of carbonyl (C=O) groups is 1. The molecule has 0 spiro atoms. The lowest BCUT2D eigenvalue weighted by atomic mass is 10.2. The molecule has 18 heavy (non-hydrogen) atoms. The smallest absolute Gasteiger partial charge is 0.315 e. The molecule has 5 heteroatoms. The van der Waals surface area contributed by atoms with Gasteiger partial charge in [0.25, 0.3) is 0 Å². The summed E-state index contributed by atoms with van der Waals surface area (Å²) in [4.78, 5) is 12.7. The number of amides is 2. The van der Waals surface area contributed by atoms with Crippen LogP contribution in [0.5, 0.6) is 0 Å². The van der Waals surface area contributed by atoms with Gasteiger partial charge in [-0.15, -0.1) is 11.3 Å². The zero-order valence-corrected chi connectivity index (χ0v) is 12.1. The SMILES string of the molecule is O=C(NCc1cccs1)NCc1ccccc1Br. The Morgan fingerprint density at radius 1 is 1.11 bits per heavy atom. The molecule has 2 amide bonds. The van der Waals surface area contributed by atoms with Crippen LogP contribution in [0.1, 0.15) is 10.4 Å². The van der Waals surface area contributed by atoms with Crippen LogP contribution in [0.25, 0.3) is 0 Å². The molecular formula is C13H13BrN2OS. The first-order valence-electron chi connectivity index (χ1n) is 5.53. The first kappa shape index (κ1) is 13.1. The standard InChI is InChI=1S/C13H13BrN2OS/c14-12-6-2-1-4-10(12)8-15-13(17)16-9-11-5-3-7-18-11/h1-7H,8-9H2,(H2,15,16,17). The molecule has 0 radical (unpaired) electrons. The molecule has 0 fully saturated rings. The van der Waals surface area contributed by atoms with Crippen molar-refractivity contribution in [3.8, 4) is 0 Å². The predicted molar refractivity (Wildman–Crippen MR) is 77.5 cm³/mol. The van der Waals surface area contributed by atoms with E-state index < -0.39 is 0 Å². The second kappa shape index (κ2) is 6.56. The molecule has 0 aliphatic rings. The van der Waals surface area contributed by atoms with E-state index in [4.69, 9.17) is 0 Å². The average molecular weight is 325 g/mol. The second-order valence-electron chi connectivity index (χ2n) is 3.71. The molecule has 0 saturated heterocycles. The molecular weight excluding hydrogens is 312 g/mol. The number of hydrogen-bond acceptors (Lipinski definition) is 2. The van der Waals surface area contributed by atoms with Gasteiger partial charge in [-0.1, -0.05) is 40.2 Å². The normalized spacial score (nSPS) is 10.1. The molecule has 94 valence electrons. The number of halogens is 1. The molecule has 1 aromatic carbocycles. The summed E-state index contributed by atoms with van der Waals surface area (Å²) in [6.07, 6.45) is 0. The molecule has 2 N–H and O–H groups in total. The molecule has 0 unspecified atom stereocenters. The minimum atomic E-state index is -0.154. The monoisotopic (exact) mass is 324 g/mol. The highest BCUT2D eigenvalue weighted by Gasteiger charge is 2.03. The van der Waals surface area contributed by atoms with Crippen molar-refractivity contribution in [3.63, 3.8) is 0 Å². The van der Waals surface area contributed by atoms with Crippen molar-refractivity contribution in [2.24, 2.45) is 0 Å². The summed E-state index contributed by atoms with van der Waals surface area (Å²) >= 11 is 5.08. The van der Waals surface area contributed by atoms with E-state index in [2.05, 4.69) is 26.6 Å². The van der Waals surface area contributed by atoms with Crippen molar-refractivity contribution in [2.75, 3.05) is 0 Å². The molecule has 0 aliphatic carbocycles. The van der Waals surface area contributed by atoms with Gasteiger partial charge in [-0.05, 0) is 23.1 Å². The molecule has 0 bridgehead atoms. The fourth-order valence-corrected chi connectivity index (χ4v) is 2.53. The van der Waals surface area contributed by atoms with Crippen molar-refractivity contribution in [2.45, 2.75) is 13.1 Å². The summed E-state index contributed by atoms with van der Waals surface area (Å²) < 4.78 is 1.00. The number of benzene rings is 1. The van der Waals surface area contributed by atoms with Gasteiger partial charge >= 0.3 is 6.03 Å². The lowest BCUT2D eigenvalue weighted by Crippen LogP contribution is -2.34. The number of carbonyl (C=O) groups excluding carboxylic acids is 1. The molecule has 0 saturated carbocycles. The predicted octanol–water partition coefficient (Wildman–Crippen LogP) is 3.51. The minimum Gasteiger partial charge on any atom is -0.334 e. The van der Waals surface area contributed by atoms with Gasteiger partial charge in [-0.3, -0.25) is 0 Å². The Bertz CT molecular complexity index is 513. The van der Waals surface area contributed by atoms with Crippen LogP contribution < -0.4 is 10.6 Å². The Labute approximate surface area is 118 Å². The summed E-state index contributed by atoms with van der Waals surface area (Å²) in [5, 5.41) is 7.64. The van der Waals surface area contributed by atoms with E-state index in [1.807, 2.05) is 41.8 Å². The van der Waals surface area contributed by atoms with E-state index in [1.54, 1.807) is 11.3 Å². The summed E-state index contributed by atoms with van der Waals surface area (Å²) in [5.41, 5.74) is 1.06. The van der Waals surface area contributed by atoms with Gasteiger partial charge in [0.15, 0.2) is 0 Å². The van der Waals surface area contributed by atoms with Crippen molar-refractivity contribution in [1.29, 1.82) is 0 Å². The Morgan fingerprint density at radius 2 is 1.89 bits per heavy atom. The van der Waals surface area contributed by atoms with Gasteiger partial charge in [-0.25, -0.2) is 4.79 Å². The fourth-order valence-electron chi connectivity index (χ4n) is 1.46. The largest absolute Gasteiger partial charge is 0.334 e. The zero-order valence-electron chi connectivity index (χ0n) is 9.65. The quantitative estimate of drug-likeness (QED) is 0.887. The van der Waals surface area contributed by atoms with Crippen LogP contribution in [-0.2, 0) is 13.1 Å². The van der Waals surface area contributed by atoms with Crippen LogP contribution in [0.15, 0.2) is 46.3 Å². The van der Waals surface area contributed by atoms with E-state index >= 15 is 0 Å². The van der Waals surface area contributed by atoms with Crippen LogP contribution in [0.4, 0.5) is 4.79 Å². The van der Waals surface area contributed by atoms with Crippen molar-refractivity contribution in [3.05, 3.63) is 56.7 Å². The summed E-state index contributed by atoms with van der Waals surface area (Å²) in [6, 6.07) is 11.7. The zero-order chi connectivity index (χ0) is 12.8. The van der Waals surface area contributed by atoms with E-state index in [1.165, 1.54) is 0 Å². The third-order valence-electron chi connectivity index (χ3n) is 2.40. The van der Waals surface area contributed by atoms with Gasteiger partial charge in [-0.2, -0.15) is 0 Å². The number of thiophene rings is 1. The second-order valence-corrected chi connectivity index (χ2v) is 5.59. The lowest BCUT2D eigenvalue weighted by Gasteiger charge is -2.08. The van der Waals surface area contributed by atoms with Gasteiger partial charge in [0, 0.05) is 15.9 Å². The van der Waals surface area contributed by atoms with Crippen LogP contribution in [0.3, 0.4) is 0 Å². The van der Waals surface area contributed by atoms with Crippen LogP contribution in [0, 0.1) is 0 Å². The molecule has 2 aromatic rings. The third-order valence-corrected chi connectivity index (χ3v) is 4.05. The Hall–Kier alpha value is -1.33. The first-order chi connectivity index (χ1) is 8.75. The van der Waals surface area contributed by atoms with E-state index in [-0.39, 0.29) is 6.03 Å². The maximum Gasteiger partial charge on any atom is 0.315 e. The molecule has 1 aromatic heterocycles. The number of nitrogens with one attached hydrogen (secondary N) is 2. The number of urea groups is 1. The summed E-state index contributed by atoms with van der Waals surface area (Å²) in [7, 11) is 0. The van der Waals surface area contributed by atoms with Gasteiger partial charge in [0.2, 0.25) is 0 Å². The fraction of sp³-hybridized carbons (Fsp3) is 0.154. The Kier molecular flexibility index (Phi) is 4.78. The van der Waals surface area contributed by atoms with Crippen molar-refractivity contribution >= 4 is 33.3 Å². The third kappa shape index (κ3) is 3.85. The van der Waals surface area contributed by atoms with E-state index in [0.717, 1.165) is 14.9 Å². The molecule has 3 nitrogen and oxygen atoms in total. The van der Waals surface area contributed by atoms with Crippen LogP contribution in [-0.4, -0.2) is 6.03 Å². The highest BCUT2D eigenvalue weighted by molar-refractivity contribution is 9.10. The Morgan fingerprint density at radius 3 is 2.61 bits per heavy atom. The average Bonchev–Trinajstić information content (AvgIpc) is 2.88. The topological polar surface area (TPSA) is 41.1 Å². The maximum absolute atomic E-state index is 11.6. The van der Waals surface area contributed by atoms with Gasteiger partial charge in [0.1, 0.15) is 0 Å². The molecule has 0 aliphatic heterocycles. The van der Waals surface area contributed by atoms with Crippen LogP contribution in [0.2, 0.25) is 0 Å². The highest BCUT2D eigenvalue weighted by Crippen LogP contribution is 2.15. The summed E-state index contributed by atoms with van der Waals surface area (Å²) in [6.45, 7) is 1.08. The van der Waals surface area contributed by atoms with Gasteiger partial charge in [0.05, 0.1) is 6.54 Å². The molecule has 1 heterocycles. The maximum atomic E-state index is 11.6. The van der Waals surface area contributed by atoms with Crippen molar-refractivity contribution < 1.29 is 4.79 Å². The summed E-state index contributed by atoms with van der Waals surface area (Å²) in [5.74, 6) is 0. The minimum absolute atomic E-state index is 0.154. The molecule has 0 atom stereocenters.